The van der Waals surface area contributed by atoms with Crippen LogP contribution in [0.2, 0.25) is 0 Å². The molecule has 0 heterocycles. The Morgan fingerprint density at radius 3 is 2.35 bits per heavy atom. The highest BCUT2D eigenvalue weighted by molar-refractivity contribution is 5.73. The number of hydroxylamine groups is 2. The van der Waals surface area contributed by atoms with Crippen LogP contribution in [0.15, 0.2) is 0 Å². The molecule has 1 atom stereocenters. The lowest BCUT2D eigenvalue weighted by Gasteiger charge is -2.29. The molecule has 118 valence electrons. The van der Waals surface area contributed by atoms with Gasteiger partial charge in [0.2, 0.25) is 11.7 Å². The molecular weight excluding hydrogens is 260 g/mol. The van der Waals surface area contributed by atoms with Crippen molar-refractivity contribution in [2.75, 3.05) is 6.61 Å². The van der Waals surface area contributed by atoms with Gasteiger partial charge in [0, 0.05) is 13.3 Å². The molecule has 20 heavy (non-hydrogen) atoms. The molecule has 1 unspecified atom stereocenters. The van der Waals surface area contributed by atoms with Crippen molar-refractivity contribution in [1.82, 2.24) is 5.48 Å². The highest BCUT2D eigenvalue weighted by Gasteiger charge is 2.36. The fourth-order valence-corrected chi connectivity index (χ4v) is 1.69. The minimum Gasteiger partial charge on any atom is -0.368 e. The lowest BCUT2D eigenvalue weighted by Crippen LogP contribution is -2.53. The summed E-state index contributed by atoms with van der Waals surface area (Å²) < 4.78 is 1.33. The Labute approximate surface area is 120 Å². The van der Waals surface area contributed by atoms with Gasteiger partial charge in [0.05, 0.1) is 0 Å². The summed E-state index contributed by atoms with van der Waals surface area (Å²) in [5, 5.41) is 7.16. The van der Waals surface area contributed by atoms with Crippen molar-refractivity contribution < 1.29 is 14.4 Å². The molecule has 0 rings (SSSR count). The molecule has 0 aliphatic rings. The van der Waals surface area contributed by atoms with Gasteiger partial charge in [-0.25, -0.2) is 10.3 Å². The molecule has 8 nitrogen and oxygen atoms in total. The van der Waals surface area contributed by atoms with Crippen molar-refractivity contribution >= 4 is 11.9 Å². The maximum Gasteiger partial charge on any atom is 0.380 e. The predicted octanol–water partition coefficient (Wildman–Crippen LogP) is 0.181. The first kappa shape index (κ1) is 18.3. The second-order valence-corrected chi connectivity index (χ2v) is 5.28. The van der Waals surface area contributed by atoms with E-state index in [4.69, 9.17) is 32.3 Å². The average molecular weight is 289 g/mol. The van der Waals surface area contributed by atoms with Crippen molar-refractivity contribution in [1.29, 1.82) is 5.41 Å². The van der Waals surface area contributed by atoms with Crippen LogP contribution in [0.25, 0.3) is 0 Å². The average Bonchev–Trinajstić information content (AvgIpc) is 2.31. The summed E-state index contributed by atoms with van der Waals surface area (Å²) in [4.78, 5) is 11.1. The Morgan fingerprint density at radius 1 is 1.35 bits per heavy atom. The number of rotatable bonds is 9. The molecule has 0 aromatic rings. The second-order valence-electron chi connectivity index (χ2n) is 5.28. The molecular formula is C12H29N6O2+. The molecule has 0 spiro atoms. The van der Waals surface area contributed by atoms with Crippen LogP contribution in [0, 0.1) is 11.3 Å². The van der Waals surface area contributed by atoms with Crippen LogP contribution in [0.4, 0.5) is 0 Å². The summed E-state index contributed by atoms with van der Waals surface area (Å²) in [5.74, 6) is 0.199. The second kappa shape index (κ2) is 8.47. The van der Waals surface area contributed by atoms with E-state index in [1.165, 1.54) is 4.74 Å². The van der Waals surface area contributed by atoms with Crippen LogP contribution in [0.3, 0.4) is 0 Å². The molecule has 0 fully saturated rings. The van der Waals surface area contributed by atoms with Gasteiger partial charge in [0.15, 0.2) is 0 Å². The summed E-state index contributed by atoms with van der Waals surface area (Å²) in [6.45, 7) is 8.43. The van der Waals surface area contributed by atoms with Crippen LogP contribution in [0.1, 0.15) is 47.0 Å². The van der Waals surface area contributed by atoms with Gasteiger partial charge < -0.3 is 10.6 Å². The smallest absolute Gasteiger partial charge is 0.368 e. The molecule has 0 saturated heterocycles. The largest absolute Gasteiger partial charge is 0.380 e. The van der Waals surface area contributed by atoms with Crippen molar-refractivity contribution in [2.45, 2.75) is 52.7 Å². The minimum absolute atomic E-state index is 0.00458. The zero-order valence-electron chi connectivity index (χ0n) is 12.9. The SMILES string of the molecule is CCCC(C)(ONC(=N)N)[N+](OCCC(C)C)=C(N)N. The van der Waals surface area contributed by atoms with E-state index >= 15 is 0 Å². The Kier molecular flexibility index (Phi) is 7.75. The van der Waals surface area contributed by atoms with Crippen molar-refractivity contribution in [3.63, 3.8) is 0 Å². The van der Waals surface area contributed by atoms with E-state index in [0.717, 1.165) is 12.8 Å². The summed E-state index contributed by atoms with van der Waals surface area (Å²) in [6.07, 6.45) is 2.27. The predicted molar refractivity (Wildman–Crippen MR) is 78.5 cm³/mol. The maximum atomic E-state index is 7.16. The van der Waals surface area contributed by atoms with Crippen molar-refractivity contribution in [3.05, 3.63) is 0 Å². The van der Waals surface area contributed by atoms with Crippen LogP contribution >= 0.6 is 0 Å². The number of guanidine groups is 2. The first-order valence-electron chi connectivity index (χ1n) is 6.82. The summed E-state index contributed by atoms with van der Waals surface area (Å²) in [6, 6.07) is 0. The summed E-state index contributed by atoms with van der Waals surface area (Å²) in [5.41, 5.74) is 18.0. The van der Waals surface area contributed by atoms with E-state index in [2.05, 4.69) is 19.3 Å². The number of nitrogens with one attached hydrogen (secondary N) is 2. The van der Waals surface area contributed by atoms with Crippen LogP contribution < -0.4 is 22.7 Å². The molecule has 0 amide bonds. The standard InChI is InChI=1S/C12H28N6O2/c1-5-7-12(4,20-17-10(13)14)18(11(15)16)19-8-6-9(2)3/h9H,5-8H2,1-4H3,(H7,13,14,15,16,17)/p+1. The summed E-state index contributed by atoms with van der Waals surface area (Å²) in [7, 11) is 0. The minimum atomic E-state index is -0.948. The van der Waals surface area contributed by atoms with Crippen LogP contribution in [-0.4, -0.2) is 29.0 Å². The molecule has 8 N–H and O–H groups in total. The highest BCUT2D eigenvalue weighted by atomic mass is 16.7. The van der Waals surface area contributed by atoms with Gasteiger partial charge in [0.1, 0.15) is 6.61 Å². The molecule has 0 aliphatic carbocycles. The lowest BCUT2D eigenvalue weighted by molar-refractivity contribution is -0.867. The number of hydrogen-bond acceptors (Lipinski definition) is 3. The normalized spacial score (nSPS) is 13.7. The molecule has 0 radical (unpaired) electrons. The van der Waals surface area contributed by atoms with Gasteiger partial charge in [-0.3, -0.25) is 16.9 Å². The van der Waals surface area contributed by atoms with Gasteiger partial charge in [-0.1, -0.05) is 25.5 Å². The molecule has 8 heteroatoms. The molecule has 0 aliphatic heterocycles. The van der Waals surface area contributed by atoms with Gasteiger partial charge in [-0.15, -0.1) is 0 Å². The zero-order valence-corrected chi connectivity index (χ0v) is 12.9. The lowest BCUT2D eigenvalue weighted by atomic mass is 10.1. The van der Waals surface area contributed by atoms with Crippen molar-refractivity contribution in [3.8, 4) is 0 Å². The van der Waals surface area contributed by atoms with E-state index in [-0.39, 0.29) is 11.9 Å². The fraction of sp³-hybridized carbons (Fsp3) is 0.833. The van der Waals surface area contributed by atoms with Crippen LogP contribution in [-0.2, 0) is 9.68 Å². The van der Waals surface area contributed by atoms with E-state index in [0.29, 0.717) is 18.9 Å². The third-order valence-corrected chi connectivity index (χ3v) is 2.67. The Balaban J connectivity index is 4.95. The highest BCUT2D eigenvalue weighted by Crippen LogP contribution is 2.19. The van der Waals surface area contributed by atoms with Gasteiger partial charge in [-0.05, 0) is 18.8 Å². The topological polar surface area (TPSA) is 135 Å². The maximum absolute atomic E-state index is 7.16. The quantitative estimate of drug-likeness (QED) is 0.135. The van der Waals surface area contributed by atoms with E-state index in [9.17, 15) is 0 Å². The molecule has 0 saturated carbocycles. The van der Waals surface area contributed by atoms with E-state index in [1.54, 1.807) is 6.92 Å². The molecule has 0 aromatic heterocycles. The molecule has 0 bridgehead atoms. The third kappa shape index (κ3) is 6.46. The number of hydrogen-bond donors (Lipinski definition) is 5. The van der Waals surface area contributed by atoms with E-state index in [1.807, 2.05) is 6.92 Å². The third-order valence-electron chi connectivity index (χ3n) is 2.67. The Hall–Kier alpha value is -1.70. The fourth-order valence-electron chi connectivity index (χ4n) is 1.69. The first-order chi connectivity index (χ1) is 9.23. The number of nitrogens with zero attached hydrogens (tertiary/aromatic N) is 1. The van der Waals surface area contributed by atoms with Crippen LogP contribution in [0.5, 0.6) is 0 Å². The van der Waals surface area contributed by atoms with E-state index < -0.39 is 5.72 Å². The Bertz CT molecular complexity index is 341. The Morgan fingerprint density at radius 2 is 1.95 bits per heavy atom. The monoisotopic (exact) mass is 289 g/mol. The van der Waals surface area contributed by atoms with Gasteiger partial charge in [0.25, 0.3) is 0 Å². The zero-order chi connectivity index (χ0) is 15.8. The van der Waals surface area contributed by atoms with Gasteiger partial charge in [-0.2, -0.15) is 0 Å². The first-order valence-corrected chi connectivity index (χ1v) is 6.82. The number of nitrogens with two attached hydrogens (primary N) is 3. The summed E-state index contributed by atoms with van der Waals surface area (Å²) >= 11 is 0. The molecule has 0 aromatic carbocycles. The van der Waals surface area contributed by atoms with Gasteiger partial charge >= 0.3 is 5.96 Å². The van der Waals surface area contributed by atoms with Crippen molar-refractivity contribution in [2.24, 2.45) is 23.1 Å².